The van der Waals surface area contributed by atoms with Gasteiger partial charge in [-0.05, 0) is 20.3 Å². The van der Waals surface area contributed by atoms with Crippen molar-refractivity contribution in [3.05, 3.63) is 0 Å². The summed E-state index contributed by atoms with van der Waals surface area (Å²) in [5.74, 6) is -0.425. The lowest BCUT2D eigenvalue weighted by Gasteiger charge is -2.42. The molecule has 0 aromatic heterocycles. The van der Waals surface area contributed by atoms with Crippen LogP contribution >= 0.6 is 0 Å². The van der Waals surface area contributed by atoms with Gasteiger partial charge >= 0.3 is 0 Å². The Morgan fingerprint density at radius 3 is 2.39 bits per heavy atom. The van der Waals surface area contributed by atoms with Gasteiger partial charge in [-0.1, -0.05) is 0 Å². The number of ether oxygens (including phenoxy) is 1. The zero-order valence-electron chi connectivity index (χ0n) is 11.2. The molecule has 6 nitrogen and oxygen atoms in total. The number of hydrogen-bond donors (Lipinski definition) is 3. The van der Waals surface area contributed by atoms with Crippen molar-refractivity contribution >= 4 is 6.02 Å². The minimum atomic E-state index is -1.06. The number of aliphatic hydroxyl groups is 3. The average molecular weight is 258 g/mol. The maximum absolute atomic E-state index is 10.1. The summed E-state index contributed by atoms with van der Waals surface area (Å²) in [6.45, 7) is 3.27. The second kappa shape index (κ2) is 4.36. The van der Waals surface area contributed by atoms with E-state index in [1.54, 1.807) is 18.7 Å². The van der Waals surface area contributed by atoms with Gasteiger partial charge in [-0.15, -0.1) is 0 Å². The van der Waals surface area contributed by atoms with E-state index in [4.69, 9.17) is 4.74 Å². The molecule has 0 amide bonds. The van der Waals surface area contributed by atoms with Crippen molar-refractivity contribution in [2.24, 2.45) is 10.9 Å². The van der Waals surface area contributed by atoms with Crippen molar-refractivity contribution in [3.8, 4) is 0 Å². The van der Waals surface area contributed by atoms with E-state index >= 15 is 0 Å². The van der Waals surface area contributed by atoms with Crippen LogP contribution < -0.4 is 0 Å². The second-order valence-corrected chi connectivity index (χ2v) is 5.93. The Labute approximate surface area is 107 Å². The maximum Gasteiger partial charge on any atom is 0.287 e. The fraction of sp³-hybridized carbons (Fsp3) is 0.917. The van der Waals surface area contributed by atoms with Gasteiger partial charge in [0.2, 0.25) is 0 Å². The summed E-state index contributed by atoms with van der Waals surface area (Å²) in [6.07, 6.45) is -1.79. The summed E-state index contributed by atoms with van der Waals surface area (Å²) < 4.78 is 5.66. The first kappa shape index (κ1) is 13.6. The average Bonchev–Trinajstić information content (AvgIpc) is 2.65. The molecule has 0 saturated heterocycles. The molecule has 0 radical (unpaired) electrons. The first-order valence-electron chi connectivity index (χ1n) is 6.22. The molecule has 18 heavy (non-hydrogen) atoms. The van der Waals surface area contributed by atoms with Crippen molar-refractivity contribution < 1.29 is 20.1 Å². The predicted octanol–water partition coefficient (Wildman–Crippen LogP) is -0.816. The van der Waals surface area contributed by atoms with Gasteiger partial charge in [0.25, 0.3) is 6.02 Å². The van der Waals surface area contributed by atoms with E-state index in [1.165, 1.54) is 0 Å². The van der Waals surface area contributed by atoms with Gasteiger partial charge in [0.1, 0.15) is 18.2 Å². The largest absolute Gasteiger partial charge is 0.459 e. The van der Waals surface area contributed by atoms with Crippen LogP contribution in [0.4, 0.5) is 0 Å². The SMILES string of the molecule is CN(C)C1=N[C@@H]2[C@@H](O)[C@H](O)[C@H](C(C)(C)O)C[C@@H]2O1. The minimum Gasteiger partial charge on any atom is -0.459 e. The Morgan fingerprint density at radius 2 is 1.89 bits per heavy atom. The van der Waals surface area contributed by atoms with E-state index in [1.807, 2.05) is 14.1 Å². The van der Waals surface area contributed by atoms with E-state index in [2.05, 4.69) is 4.99 Å². The molecule has 2 rings (SSSR count). The Kier molecular flexibility index (Phi) is 3.29. The molecule has 5 atom stereocenters. The summed E-state index contributed by atoms with van der Waals surface area (Å²) >= 11 is 0. The standard InChI is InChI=1S/C12H22N2O4/c1-12(2,17)6-5-7-8(10(16)9(6)15)13-11(18-7)14(3)4/h6-10,15-17H,5H2,1-4H3/t6-,7+,8+,9-,10-/m1/s1. The van der Waals surface area contributed by atoms with Gasteiger partial charge in [-0.25, -0.2) is 4.99 Å². The normalized spacial score (nSPS) is 39.9. The number of aliphatic imine (C=N–C) groups is 1. The molecule has 2 aliphatic rings. The minimum absolute atomic E-state index is 0.280. The number of rotatable bonds is 1. The molecule has 0 aromatic rings. The van der Waals surface area contributed by atoms with Gasteiger partial charge in [0.15, 0.2) is 0 Å². The van der Waals surface area contributed by atoms with Crippen LogP contribution in [0.25, 0.3) is 0 Å². The molecule has 3 N–H and O–H groups in total. The first-order valence-corrected chi connectivity index (χ1v) is 6.22. The molecular weight excluding hydrogens is 236 g/mol. The number of hydrogen-bond acceptors (Lipinski definition) is 6. The fourth-order valence-corrected chi connectivity index (χ4v) is 2.69. The van der Waals surface area contributed by atoms with Crippen LogP contribution in [-0.2, 0) is 4.74 Å². The van der Waals surface area contributed by atoms with E-state index in [9.17, 15) is 15.3 Å². The van der Waals surface area contributed by atoms with Gasteiger partial charge in [0.05, 0.1) is 11.7 Å². The number of amidine groups is 1. The molecule has 1 heterocycles. The summed E-state index contributed by atoms with van der Waals surface area (Å²) in [4.78, 5) is 6.02. The zero-order valence-corrected chi connectivity index (χ0v) is 11.2. The van der Waals surface area contributed by atoms with E-state index in [0.29, 0.717) is 12.4 Å². The lowest BCUT2D eigenvalue weighted by Crippen LogP contribution is -2.57. The Balaban J connectivity index is 2.19. The van der Waals surface area contributed by atoms with Crippen molar-refractivity contribution in [2.45, 2.75) is 50.2 Å². The fourth-order valence-electron chi connectivity index (χ4n) is 2.69. The van der Waals surface area contributed by atoms with Gasteiger partial charge in [0, 0.05) is 20.0 Å². The molecule has 0 aromatic carbocycles. The lowest BCUT2D eigenvalue weighted by molar-refractivity contribution is -0.140. The van der Waals surface area contributed by atoms with E-state index < -0.39 is 29.8 Å². The smallest absolute Gasteiger partial charge is 0.287 e. The van der Waals surface area contributed by atoms with Crippen LogP contribution in [0.3, 0.4) is 0 Å². The van der Waals surface area contributed by atoms with Gasteiger partial charge < -0.3 is 25.0 Å². The summed E-state index contributed by atoms with van der Waals surface area (Å²) in [5.41, 5.74) is -1.06. The third kappa shape index (κ3) is 2.20. The molecular formula is C12H22N2O4. The van der Waals surface area contributed by atoms with Crippen LogP contribution in [0, 0.1) is 5.92 Å². The van der Waals surface area contributed by atoms with Crippen LogP contribution in [0.5, 0.6) is 0 Å². The van der Waals surface area contributed by atoms with Crippen LogP contribution in [0.15, 0.2) is 4.99 Å². The number of nitrogens with zero attached hydrogens (tertiary/aromatic N) is 2. The molecule has 0 unspecified atom stereocenters. The maximum atomic E-state index is 10.1. The van der Waals surface area contributed by atoms with E-state index in [-0.39, 0.29) is 6.10 Å². The third-order valence-corrected chi connectivity index (χ3v) is 3.79. The van der Waals surface area contributed by atoms with Crippen LogP contribution in [0.1, 0.15) is 20.3 Å². The predicted molar refractivity (Wildman–Crippen MR) is 66.2 cm³/mol. The molecule has 0 bridgehead atoms. The highest BCUT2D eigenvalue weighted by Crippen LogP contribution is 2.38. The van der Waals surface area contributed by atoms with E-state index in [0.717, 1.165) is 0 Å². The van der Waals surface area contributed by atoms with Crippen molar-refractivity contribution in [1.82, 2.24) is 4.90 Å². The summed E-state index contributed by atoms with van der Waals surface area (Å²) in [5, 5.41) is 30.3. The molecule has 104 valence electrons. The summed E-state index contributed by atoms with van der Waals surface area (Å²) in [7, 11) is 3.62. The van der Waals surface area contributed by atoms with Crippen LogP contribution in [0.2, 0.25) is 0 Å². The van der Waals surface area contributed by atoms with Gasteiger partial charge in [-0.2, -0.15) is 0 Å². The molecule has 0 spiro atoms. The molecule has 1 fully saturated rings. The monoisotopic (exact) mass is 258 g/mol. The highest BCUT2D eigenvalue weighted by atomic mass is 16.5. The van der Waals surface area contributed by atoms with Crippen molar-refractivity contribution in [1.29, 1.82) is 0 Å². The molecule has 1 aliphatic heterocycles. The first-order chi connectivity index (χ1) is 8.21. The Bertz CT molecular complexity index is 350. The topological polar surface area (TPSA) is 85.5 Å². The molecule has 1 aliphatic carbocycles. The molecule has 1 saturated carbocycles. The zero-order chi connectivity index (χ0) is 13.7. The van der Waals surface area contributed by atoms with Crippen LogP contribution in [-0.4, -0.2) is 70.3 Å². The third-order valence-electron chi connectivity index (χ3n) is 3.79. The molecule has 6 heteroatoms. The Hall–Kier alpha value is -0.850. The Morgan fingerprint density at radius 1 is 1.28 bits per heavy atom. The number of aliphatic hydroxyl groups excluding tert-OH is 2. The lowest BCUT2D eigenvalue weighted by atomic mass is 9.72. The summed E-state index contributed by atoms with van der Waals surface area (Å²) in [6, 6.07) is 0.0173. The quantitative estimate of drug-likeness (QED) is 0.572. The number of fused-ring (bicyclic) bond motifs is 1. The highest BCUT2D eigenvalue weighted by molar-refractivity contribution is 5.75. The van der Waals surface area contributed by atoms with Crippen molar-refractivity contribution in [2.75, 3.05) is 14.1 Å². The van der Waals surface area contributed by atoms with Gasteiger partial charge in [-0.3, -0.25) is 0 Å². The van der Waals surface area contributed by atoms with Crippen molar-refractivity contribution in [3.63, 3.8) is 0 Å². The second-order valence-electron chi connectivity index (χ2n) is 5.93. The highest BCUT2D eigenvalue weighted by Gasteiger charge is 2.51.